The van der Waals surface area contributed by atoms with Crippen LogP contribution in [0.15, 0.2) is 18.2 Å². The number of alkyl carbamates (subject to hydrolysis) is 1. The van der Waals surface area contributed by atoms with Crippen molar-refractivity contribution in [3.05, 3.63) is 35.4 Å². The lowest BCUT2D eigenvalue weighted by Crippen LogP contribution is -2.37. The van der Waals surface area contributed by atoms with Crippen LogP contribution in [0.4, 0.5) is 13.6 Å². The van der Waals surface area contributed by atoms with Gasteiger partial charge < -0.3 is 20.3 Å². The van der Waals surface area contributed by atoms with E-state index in [2.05, 4.69) is 5.32 Å². The molecule has 0 saturated heterocycles. The molecule has 1 aromatic carbocycles. The second-order valence-corrected chi connectivity index (χ2v) is 5.95. The van der Waals surface area contributed by atoms with Gasteiger partial charge in [0.25, 0.3) is 0 Å². The molecule has 0 saturated carbocycles. The predicted octanol–water partition coefficient (Wildman–Crippen LogP) is 2.27. The molecule has 0 aliphatic rings. The first-order valence-electron chi connectivity index (χ1n) is 6.86. The van der Waals surface area contributed by atoms with Gasteiger partial charge in [-0.1, -0.05) is 0 Å². The lowest BCUT2D eigenvalue weighted by Gasteiger charge is -2.21. The van der Waals surface area contributed by atoms with Crippen molar-refractivity contribution in [3.8, 4) is 0 Å². The Balaban J connectivity index is 2.49. The molecule has 1 aromatic rings. The van der Waals surface area contributed by atoms with Gasteiger partial charge >= 0.3 is 6.09 Å². The van der Waals surface area contributed by atoms with Crippen molar-refractivity contribution >= 4 is 6.09 Å². The van der Waals surface area contributed by atoms with Crippen LogP contribution in [0.5, 0.6) is 0 Å². The zero-order valence-corrected chi connectivity index (χ0v) is 12.8. The number of rotatable bonds is 5. The Labute approximate surface area is 127 Å². The van der Waals surface area contributed by atoms with Crippen LogP contribution >= 0.6 is 0 Å². The van der Waals surface area contributed by atoms with E-state index in [1.165, 1.54) is 0 Å². The second-order valence-electron chi connectivity index (χ2n) is 5.95. The van der Waals surface area contributed by atoms with E-state index in [9.17, 15) is 23.8 Å². The molecule has 0 aliphatic carbocycles. The minimum Gasteiger partial charge on any atom is -0.444 e. The third kappa shape index (κ3) is 6.36. The zero-order chi connectivity index (χ0) is 16.9. The van der Waals surface area contributed by atoms with Crippen molar-refractivity contribution < 1.29 is 28.5 Å². The van der Waals surface area contributed by atoms with Crippen molar-refractivity contribution in [1.29, 1.82) is 0 Å². The molecule has 0 fully saturated rings. The normalized spacial score (nSPS) is 14.3. The molecule has 124 valence electrons. The van der Waals surface area contributed by atoms with Gasteiger partial charge in [-0.25, -0.2) is 13.6 Å². The summed E-state index contributed by atoms with van der Waals surface area (Å²) in [5.74, 6) is -1.45. The van der Waals surface area contributed by atoms with Gasteiger partial charge in [0, 0.05) is 18.5 Å². The van der Waals surface area contributed by atoms with Crippen LogP contribution in [-0.4, -0.2) is 34.6 Å². The summed E-state index contributed by atoms with van der Waals surface area (Å²) < 4.78 is 31.5. The minimum atomic E-state index is -1.38. The molecule has 0 bridgehead atoms. The quantitative estimate of drug-likeness (QED) is 0.778. The Morgan fingerprint density at radius 2 is 1.95 bits per heavy atom. The number of nitrogens with one attached hydrogen (secondary N) is 1. The van der Waals surface area contributed by atoms with Crippen LogP contribution in [0.3, 0.4) is 0 Å². The first kappa shape index (κ1) is 18.3. The molecule has 2 atom stereocenters. The first-order chi connectivity index (χ1) is 10.1. The molecular formula is C15H21F2NO4. The van der Waals surface area contributed by atoms with Crippen LogP contribution in [0, 0.1) is 11.6 Å². The smallest absolute Gasteiger partial charge is 0.407 e. The van der Waals surface area contributed by atoms with Crippen LogP contribution in [0.1, 0.15) is 38.9 Å². The number of hydrogen-bond donors (Lipinski definition) is 3. The lowest BCUT2D eigenvalue weighted by atomic mass is 10.0. The molecule has 5 nitrogen and oxygen atoms in total. The van der Waals surface area contributed by atoms with Gasteiger partial charge in [0.2, 0.25) is 0 Å². The molecule has 0 aromatic heterocycles. The molecule has 0 radical (unpaired) electrons. The predicted molar refractivity (Wildman–Crippen MR) is 76.2 cm³/mol. The molecule has 1 amide bonds. The van der Waals surface area contributed by atoms with E-state index in [1.807, 2.05) is 0 Å². The average molecular weight is 317 g/mol. The van der Waals surface area contributed by atoms with Crippen LogP contribution in [-0.2, 0) is 4.74 Å². The summed E-state index contributed by atoms with van der Waals surface area (Å²) in [5.41, 5.74) is -0.907. The number of aliphatic hydroxyl groups is 2. The van der Waals surface area contributed by atoms with Gasteiger partial charge in [-0.05, 0) is 39.0 Å². The fraction of sp³-hybridized carbons (Fsp3) is 0.533. The zero-order valence-electron chi connectivity index (χ0n) is 12.8. The Bertz CT molecular complexity index is 517. The molecule has 0 heterocycles. The van der Waals surface area contributed by atoms with E-state index in [0.717, 1.165) is 18.2 Å². The Kier molecular flexibility index (Phi) is 6.25. The largest absolute Gasteiger partial charge is 0.444 e. The van der Waals surface area contributed by atoms with E-state index in [4.69, 9.17) is 4.74 Å². The average Bonchev–Trinajstić information content (AvgIpc) is 2.37. The number of aliphatic hydroxyl groups excluding tert-OH is 2. The number of hydrogen-bond acceptors (Lipinski definition) is 4. The fourth-order valence-corrected chi connectivity index (χ4v) is 1.75. The third-order valence-electron chi connectivity index (χ3n) is 2.69. The number of carbonyl (C=O) groups excluding carboxylic acids is 1. The maximum Gasteiger partial charge on any atom is 0.407 e. The topological polar surface area (TPSA) is 78.8 Å². The lowest BCUT2D eigenvalue weighted by molar-refractivity contribution is 0.0436. The molecule has 7 heteroatoms. The molecule has 1 rings (SSSR count). The number of halogens is 2. The van der Waals surface area contributed by atoms with E-state index in [-0.39, 0.29) is 18.5 Å². The Hall–Kier alpha value is -1.73. The monoisotopic (exact) mass is 317 g/mol. The summed E-state index contributed by atoms with van der Waals surface area (Å²) in [5, 5.41) is 21.9. The van der Waals surface area contributed by atoms with Crippen LogP contribution in [0.2, 0.25) is 0 Å². The van der Waals surface area contributed by atoms with E-state index < -0.39 is 35.5 Å². The summed E-state index contributed by atoms with van der Waals surface area (Å²) in [6.07, 6.45) is -3.48. The van der Waals surface area contributed by atoms with Gasteiger partial charge in [-0.3, -0.25) is 0 Å². The van der Waals surface area contributed by atoms with Crippen molar-refractivity contribution in [1.82, 2.24) is 5.32 Å². The summed E-state index contributed by atoms with van der Waals surface area (Å²) in [4.78, 5) is 11.4. The first-order valence-corrected chi connectivity index (χ1v) is 6.86. The van der Waals surface area contributed by atoms with Crippen molar-refractivity contribution in [2.24, 2.45) is 0 Å². The summed E-state index contributed by atoms with van der Waals surface area (Å²) in [6, 6.07) is 2.71. The van der Waals surface area contributed by atoms with Gasteiger partial charge in [0.05, 0.1) is 12.2 Å². The fourth-order valence-electron chi connectivity index (χ4n) is 1.75. The van der Waals surface area contributed by atoms with Crippen LogP contribution < -0.4 is 5.32 Å². The van der Waals surface area contributed by atoms with Gasteiger partial charge in [-0.2, -0.15) is 0 Å². The Morgan fingerprint density at radius 1 is 1.32 bits per heavy atom. The van der Waals surface area contributed by atoms with Gasteiger partial charge in [0.1, 0.15) is 17.2 Å². The molecule has 22 heavy (non-hydrogen) atoms. The summed E-state index contributed by atoms with van der Waals surface area (Å²) in [6.45, 7) is 4.90. The van der Waals surface area contributed by atoms with Gasteiger partial charge in [-0.15, -0.1) is 0 Å². The molecule has 0 spiro atoms. The number of benzene rings is 1. The van der Waals surface area contributed by atoms with E-state index >= 15 is 0 Å². The number of ether oxygens (including phenoxy) is 1. The van der Waals surface area contributed by atoms with Gasteiger partial charge in [0.15, 0.2) is 0 Å². The highest BCUT2D eigenvalue weighted by Crippen LogP contribution is 2.22. The highest BCUT2D eigenvalue weighted by atomic mass is 19.1. The highest BCUT2D eigenvalue weighted by molar-refractivity contribution is 5.67. The maximum absolute atomic E-state index is 13.5. The second kappa shape index (κ2) is 7.51. The highest BCUT2D eigenvalue weighted by Gasteiger charge is 2.20. The third-order valence-corrected chi connectivity index (χ3v) is 2.69. The molecule has 3 N–H and O–H groups in total. The SMILES string of the molecule is CC(C)(C)OC(=O)NC[C@H](O)CC(O)c1cc(F)ccc1F. The van der Waals surface area contributed by atoms with Crippen molar-refractivity contribution in [2.75, 3.05) is 6.54 Å². The molecular weight excluding hydrogens is 296 g/mol. The number of carbonyl (C=O) groups is 1. The van der Waals surface area contributed by atoms with Crippen LogP contribution in [0.25, 0.3) is 0 Å². The van der Waals surface area contributed by atoms with Crippen molar-refractivity contribution in [2.45, 2.75) is 45.0 Å². The maximum atomic E-state index is 13.5. The minimum absolute atomic E-state index is 0.178. The summed E-state index contributed by atoms with van der Waals surface area (Å²) in [7, 11) is 0. The number of amides is 1. The standard InChI is InChI=1S/C15H21F2NO4/c1-15(2,3)22-14(21)18-8-10(19)7-13(20)11-6-9(16)4-5-12(11)17/h4-6,10,13,19-20H,7-8H2,1-3H3,(H,18,21)/t10-,13?/m1/s1. The van der Waals surface area contributed by atoms with E-state index in [1.54, 1.807) is 20.8 Å². The molecule has 1 unspecified atom stereocenters. The molecule has 0 aliphatic heterocycles. The summed E-state index contributed by atoms with van der Waals surface area (Å²) >= 11 is 0. The van der Waals surface area contributed by atoms with Crippen molar-refractivity contribution in [3.63, 3.8) is 0 Å². The van der Waals surface area contributed by atoms with E-state index in [0.29, 0.717) is 0 Å². The Morgan fingerprint density at radius 3 is 2.55 bits per heavy atom.